The first-order chi connectivity index (χ1) is 11.0. The number of halogens is 1. The molecule has 1 amide bonds. The quantitative estimate of drug-likeness (QED) is 0.837. The van der Waals surface area contributed by atoms with Crippen molar-refractivity contribution in [3.63, 3.8) is 0 Å². The zero-order chi connectivity index (χ0) is 16.6. The van der Waals surface area contributed by atoms with Crippen molar-refractivity contribution in [3.8, 4) is 0 Å². The van der Waals surface area contributed by atoms with Crippen LogP contribution >= 0.6 is 0 Å². The molecule has 2 aromatic rings. The molecule has 4 nitrogen and oxygen atoms in total. The molecule has 3 rings (SSSR count). The van der Waals surface area contributed by atoms with E-state index in [1.165, 1.54) is 12.1 Å². The van der Waals surface area contributed by atoms with Crippen molar-refractivity contribution in [2.24, 2.45) is 0 Å². The second-order valence-corrected chi connectivity index (χ2v) is 6.36. The molecule has 0 atom stereocenters. The number of anilines is 1. The average Bonchev–Trinajstić information content (AvgIpc) is 2.85. The van der Waals surface area contributed by atoms with Gasteiger partial charge >= 0.3 is 0 Å². The summed E-state index contributed by atoms with van der Waals surface area (Å²) >= 11 is 0. The van der Waals surface area contributed by atoms with Crippen LogP contribution in [-0.2, 0) is 0 Å². The van der Waals surface area contributed by atoms with E-state index in [0.717, 1.165) is 19.3 Å². The van der Waals surface area contributed by atoms with Crippen molar-refractivity contribution in [1.82, 2.24) is 4.98 Å². The molecule has 0 radical (unpaired) electrons. The maximum absolute atomic E-state index is 13.2. The molecule has 0 saturated heterocycles. The second kappa shape index (κ2) is 6.14. The lowest BCUT2D eigenvalue weighted by Gasteiger charge is -2.37. The zero-order valence-corrected chi connectivity index (χ0v) is 13.7. The van der Waals surface area contributed by atoms with Crippen LogP contribution in [0, 0.1) is 12.7 Å². The minimum atomic E-state index is -0.312. The van der Waals surface area contributed by atoms with Crippen molar-refractivity contribution >= 4 is 11.6 Å². The molecule has 1 saturated carbocycles. The van der Waals surface area contributed by atoms with Crippen molar-refractivity contribution < 1.29 is 13.6 Å². The SMILES string of the molecule is Cc1nc(C(C)C)oc1C(=O)N(c1ccc(F)cc1)C1CCC1. The summed E-state index contributed by atoms with van der Waals surface area (Å²) in [5.41, 5.74) is 1.30. The van der Waals surface area contributed by atoms with E-state index >= 15 is 0 Å². The Bertz CT molecular complexity index is 702. The predicted octanol–water partition coefficient (Wildman–Crippen LogP) is 4.44. The van der Waals surface area contributed by atoms with Gasteiger partial charge in [0.05, 0.1) is 5.69 Å². The largest absolute Gasteiger partial charge is 0.435 e. The molecule has 1 fully saturated rings. The highest BCUT2D eigenvalue weighted by Gasteiger charge is 2.33. The summed E-state index contributed by atoms with van der Waals surface area (Å²) in [5, 5.41) is 0. The van der Waals surface area contributed by atoms with E-state index in [-0.39, 0.29) is 29.4 Å². The summed E-state index contributed by atoms with van der Waals surface area (Å²) in [6.45, 7) is 5.73. The Morgan fingerprint density at radius 3 is 2.43 bits per heavy atom. The van der Waals surface area contributed by atoms with Crippen molar-refractivity contribution in [2.45, 2.75) is 52.0 Å². The van der Waals surface area contributed by atoms with Gasteiger partial charge in [-0.15, -0.1) is 0 Å². The molecule has 5 heteroatoms. The highest BCUT2D eigenvalue weighted by Crippen LogP contribution is 2.32. The number of hydrogen-bond acceptors (Lipinski definition) is 3. The predicted molar refractivity (Wildman–Crippen MR) is 86.2 cm³/mol. The molecule has 1 aromatic heterocycles. The lowest BCUT2D eigenvalue weighted by Crippen LogP contribution is -2.44. The molecule has 23 heavy (non-hydrogen) atoms. The van der Waals surface area contributed by atoms with Crippen LogP contribution in [0.25, 0.3) is 0 Å². The van der Waals surface area contributed by atoms with E-state index in [2.05, 4.69) is 4.98 Å². The number of carbonyl (C=O) groups is 1. The summed E-state index contributed by atoms with van der Waals surface area (Å²) < 4.78 is 18.9. The van der Waals surface area contributed by atoms with Crippen LogP contribution in [0.3, 0.4) is 0 Å². The Hall–Kier alpha value is -2.17. The summed E-state index contributed by atoms with van der Waals surface area (Å²) in [6.07, 6.45) is 3.00. The fourth-order valence-electron chi connectivity index (χ4n) is 2.71. The number of amides is 1. The molecule has 0 N–H and O–H groups in total. The maximum Gasteiger partial charge on any atom is 0.296 e. The number of hydrogen-bond donors (Lipinski definition) is 0. The minimum absolute atomic E-state index is 0.123. The molecule has 0 spiro atoms. The number of nitrogens with zero attached hydrogens (tertiary/aromatic N) is 2. The summed E-state index contributed by atoms with van der Waals surface area (Å²) in [4.78, 5) is 19.1. The maximum atomic E-state index is 13.2. The van der Waals surface area contributed by atoms with E-state index in [4.69, 9.17) is 4.42 Å². The Balaban J connectivity index is 1.96. The van der Waals surface area contributed by atoms with E-state index in [0.29, 0.717) is 17.3 Å². The van der Waals surface area contributed by atoms with E-state index in [9.17, 15) is 9.18 Å². The average molecular weight is 316 g/mol. The van der Waals surface area contributed by atoms with Crippen LogP contribution < -0.4 is 4.90 Å². The van der Waals surface area contributed by atoms with Crippen LogP contribution in [0.2, 0.25) is 0 Å². The van der Waals surface area contributed by atoms with Gasteiger partial charge in [-0.2, -0.15) is 0 Å². The van der Waals surface area contributed by atoms with Crippen LogP contribution in [0.4, 0.5) is 10.1 Å². The molecular formula is C18H21FN2O2. The Morgan fingerprint density at radius 1 is 1.30 bits per heavy atom. The van der Waals surface area contributed by atoms with Gasteiger partial charge in [0.2, 0.25) is 5.76 Å². The molecule has 1 heterocycles. The van der Waals surface area contributed by atoms with Crippen LogP contribution in [0.1, 0.15) is 61.2 Å². The molecule has 1 aliphatic rings. The molecule has 0 aliphatic heterocycles. The molecule has 1 aromatic carbocycles. The molecular weight excluding hydrogens is 295 g/mol. The van der Waals surface area contributed by atoms with Gasteiger partial charge in [-0.05, 0) is 50.5 Å². The Morgan fingerprint density at radius 2 is 1.96 bits per heavy atom. The van der Waals surface area contributed by atoms with Crippen molar-refractivity contribution in [3.05, 3.63) is 47.4 Å². The van der Waals surface area contributed by atoms with Gasteiger partial charge in [-0.25, -0.2) is 9.37 Å². The monoisotopic (exact) mass is 316 g/mol. The third kappa shape index (κ3) is 3.00. The van der Waals surface area contributed by atoms with E-state index in [1.807, 2.05) is 13.8 Å². The zero-order valence-electron chi connectivity index (χ0n) is 13.7. The van der Waals surface area contributed by atoms with Gasteiger partial charge in [-0.3, -0.25) is 4.79 Å². The third-order valence-electron chi connectivity index (χ3n) is 4.26. The standard InChI is InChI=1S/C18H21FN2O2/c1-11(2)17-20-12(3)16(23-17)18(22)21(14-5-4-6-14)15-9-7-13(19)8-10-15/h7-11,14H,4-6H2,1-3H3. The van der Waals surface area contributed by atoms with Crippen molar-refractivity contribution in [1.29, 1.82) is 0 Å². The highest BCUT2D eigenvalue weighted by molar-refractivity contribution is 6.05. The van der Waals surface area contributed by atoms with Gasteiger partial charge in [0, 0.05) is 17.6 Å². The normalized spacial score (nSPS) is 14.8. The second-order valence-electron chi connectivity index (χ2n) is 6.36. The number of oxazole rings is 1. The fourth-order valence-corrected chi connectivity index (χ4v) is 2.71. The van der Waals surface area contributed by atoms with Gasteiger partial charge in [-0.1, -0.05) is 13.8 Å². The van der Waals surface area contributed by atoms with Crippen LogP contribution in [0.5, 0.6) is 0 Å². The first-order valence-corrected chi connectivity index (χ1v) is 8.04. The van der Waals surface area contributed by atoms with E-state index in [1.54, 1.807) is 24.0 Å². The smallest absolute Gasteiger partial charge is 0.296 e. The van der Waals surface area contributed by atoms with Gasteiger partial charge in [0.25, 0.3) is 5.91 Å². The topological polar surface area (TPSA) is 46.3 Å². The third-order valence-corrected chi connectivity index (χ3v) is 4.26. The van der Waals surface area contributed by atoms with Gasteiger partial charge in [0.15, 0.2) is 5.89 Å². The number of benzene rings is 1. The van der Waals surface area contributed by atoms with Crippen LogP contribution in [-0.4, -0.2) is 16.9 Å². The number of aryl methyl sites for hydroxylation is 1. The van der Waals surface area contributed by atoms with Crippen LogP contribution in [0.15, 0.2) is 28.7 Å². The van der Waals surface area contributed by atoms with E-state index < -0.39 is 0 Å². The Labute approximate surface area is 135 Å². The lowest BCUT2D eigenvalue weighted by molar-refractivity contribution is 0.0934. The van der Waals surface area contributed by atoms with Gasteiger partial charge < -0.3 is 9.32 Å². The summed E-state index contributed by atoms with van der Waals surface area (Å²) in [6, 6.07) is 6.17. The molecule has 0 bridgehead atoms. The summed E-state index contributed by atoms with van der Waals surface area (Å²) in [5.74, 6) is 0.465. The number of rotatable bonds is 4. The lowest BCUT2D eigenvalue weighted by atomic mass is 9.90. The molecule has 0 unspecified atom stereocenters. The van der Waals surface area contributed by atoms with Crippen molar-refractivity contribution in [2.75, 3.05) is 4.90 Å². The number of carbonyl (C=O) groups excluding carboxylic acids is 1. The van der Waals surface area contributed by atoms with Gasteiger partial charge in [0.1, 0.15) is 5.82 Å². The number of aromatic nitrogens is 1. The molecule has 122 valence electrons. The fraction of sp³-hybridized carbons (Fsp3) is 0.444. The highest BCUT2D eigenvalue weighted by atomic mass is 19.1. The summed E-state index contributed by atoms with van der Waals surface area (Å²) in [7, 11) is 0. The minimum Gasteiger partial charge on any atom is -0.435 e. The molecule has 1 aliphatic carbocycles. The first kappa shape index (κ1) is 15.7. The first-order valence-electron chi connectivity index (χ1n) is 8.04. The Kier molecular flexibility index (Phi) is 4.20.